The van der Waals surface area contributed by atoms with Crippen LogP contribution in [-0.4, -0.2) is 27.5 Å². The molecule has 0 unspecified atom stereocenters. The number of carboxylic acid groups (broad SMARTS) is 1. The molecule has 0 saturated heterocycles. The molecule has 0 aromatic heterocycles. The third kappa shape index (κ3) is 4.97. The zero-order valence-corrected chi connectivity index (χ0v) is 16.4. The van der Waals surface area contributed by atoms with Crippen molar-refractivity contribution in [1.82, 2.24) is 5.43 Å². The minimum atomic E-state index is -1.02. The number of nitrogens with one attached hydrogen (secondary N) is 2. The lowest BCUT2D eigenvalue weighted by Gasteiger charge is -2.10. The van der Waals surface area contributed by atoms with Gasteiger partial charge in [-0.05, 0) is 54.5 Å². The maximum absolute atomic E-state index is 11.0. The lowest BCUT2D eigenvalue weighted by Crippen LogP contribution is -2.24. The smallest absolute Gasteiger partial charge is 0.335 e. The van der Waals surface area contributed by atoms with Gasteiger partial charge in [-0.2, -0.15) is 5.10 Å². The summed E-state index contributed by atoms with van der Waals surface area (Å²) in [6, 6.07) is 19.5. The average molecular weight is 405 g/mol. The molecule has 3 aromatic carbocycles. The van der Waals surface area contributed by atoms with Gasteiger partial charge in [-0.1, -0.05) is 42.5 Å². The Bertz CT molecular complexity index is 1100. The number of hydrazone groups is 1. The second-order valence-electron chi connectivity index (χ2n) is 6.27. The number of aromatic hydroxyl groups is 1. The number of carbonyl (C=O) groups is 1. The second-order valence-corrected chi connectivity index (χ2v) is 6.68. The predicted molar refractivity (Wildman–Crippen MR) is 119 cm³/mol. The molecular weight excluding hydrogens is 386 g/mol. The highest BCUT2D eigenvalue weighted by Crippen LogP contribution is 2.33. The molecule has 0 aliphatic heterocycles. The number of nitrogens with zero attached hydrogens (tertiary/aromatic N) is 1. The van der Waals surface area contributed by atoms with Gasteiger partial charge >= 0.3 is 5.97 Å². The molecule has 7 heteroatoms. The zero-order chi connectivity index (χ0) is 20.8. The van der Waals surface area contributed by atoms with Crippen molar-refractivity contribution in [2.75, 3.05) is 5.32 Å². The molecular formula is C22H19N3O3S. The highest BCUT2D eigenvalue weighted by molar-refractivity contribution is 7.80. The van der Waals surface area contributed by atoms with E-state index in [0.29, 0.717) is 11.3 Å². The first-order chi connectivity index (χ1) is 14.0. The van der Waals surface area contributed by atoms with Crippen LogP contribution >= 0.6 is 12.2 Å². The van der Waals surface area contributed by atoms with Gasteiger partial charge in [-0.15, -0.1) is 0 Å². The number of phenolic OH excluding ortho intramolecular Hbond substituents is 1. The zero-order valence-electron chi connectivity index (χ0n) is 15.6. The normalized spacial score (nSPS) is 10.7. The Balaban J connectivity index is 1.70. The van der Waals surface area contributed by atoms with Gasteiger partial charge in [0.1, 0.15) is 5.75 Å². The number of hydrogen-bond acceptors (Lipinski definition) is 4. The SMILES string of the molecule is Cc1ccccc1-c1cccc(/C=N/NC(=S)Nc2cccc(C(=O)O)c2)c1O. The third-order valence-corrected chi connectivity index (χ3v) is 4.43. The number of anilines is 1. The molecule has 0 heterocycles. The quantitative estimate of drug-likeness (QED) is 0.286. The molecule has 0 bridgehead atoms. The second kappa shape index (κ2) is 8.99. The van der Waals surface area contributed by atoms with Gasteiger partial charge in [0.25, 0.3) is 0 Å². The fourth-order valence-corrected chi connectivity index (χ4v) is 2.98. The Kier molecular flexibility index (Phi) is 6.21. The number of aryl methyl sites for hydroxylation is 1. The van der Waals surface area contributed by atoms with E-state index in [-0.39, 0.29) is 16.4 Å². The summed E-state index contributed by atoms with van der Waals surface area (Å²) in [4.78, 5) is 11.0. The number of carboxylic acids is 1. The Morgan fingerprint density at radius 2 is 1.76 bits per heavy atom. The molecule has 0 radical (unpaired) electrons. The number of thiocarbonyl (C=S) groups is 1. The van der Waals surface area contributed by atoms with Crippen LogP contribution in [0.1, 0.15) is 21.5 Å². The van der Waals surface area contributed by atoms with Gasteiger partial charge in [0.15, 0.2) is 5.11 Å². The summed E-state index contributed by atoms with van der Waals surface area (Å²) in [6.07, 6.45) is 1.47. The number of para-hydroxylation sites is 1. The first-order valence-corrected chi connectivity index (χ1v) is 9.18. The van der Waals surface area contributed by atoms with Crippen molar-refractivity contribution >= 4 is 35.2 Å². The van der Waals surface area contributed by atoms with Crippen LogP contribution in [0.3, 0.4) is 0 Å². The van der Waals surface area contributed by atoms with Gasteiger partial charge < -0.3 is 15.5 Å². The number of phenols is 1. The molecule has 0 amide bonds. The standard InChI is InChI=1S/C22H19N3O3S/c1-14-6-2-3-10-18(14)19-11-5-8-16(20(19)26)13-23-25-22(29)24-17-9-4-7-15(12-17)21(27)28/h2-13,26H,1H3,(H,27,28)(H2,24,25,29)/b23-13+. The Morgan fingerprint density at radius 3 is 2.52 bits per heavy atom. The molecule has 3 aromatic rings. The van der Waals surface area contributed by atoms with Crippen LogP contribution in [0.5, 0.6) is 5.75 Å². The predicted octanol–water partition coefficient (Wildman–Crippen LogP) is 4.39. The monoisotopic (exact) mass is 405 g/mol. The summed E-state index contributed by atoms with van der Waals surface area (Å²) in [6.45, 7) is 1.99. The van der Waals surface area contributed by atoms with Crippen molar-refractivity contribution in [2.45, 2.75) is 6.92 Å². The van der Waals surface area contributed by atoms with E-state index in [0.717, 1.165) is 16.7 Å². The van der Waals surface area contributed by atoms with E-state index in [1.165, 1.54) is 18.3 Å². The van der Waals surface area contributed by atoms with Crippen molar-refractivity contribution in [2.24, 2.45) is 5.10 Å². The molecule has 0 spiro atoms. The van der Waals surface area contributed by atoms with Crippen LogP contribution in [0.25, 0.3) is 11.1 Å². The van der Waals surface area contributed by atoms with Crippen molar-refractivity contribution in [3.63, 3.8) is 0 Å². The Hall–Kier alpha value is -3.71. The van der Waals surface area contributed by atoms with Gasteiger partial charge in [-0.3, -0.25) is 5.43 Å². The molecule has 4 N–H and O–H groups in total. The molecule has 0 saturated carbocycles. The molecule has 29 heavy (non-hydrogen) atoms. The number of rotatable bonds is 5. The van der Waals surface area contributed by atoms with Gasteiger partial charge in [0, 0.05) is 16.8 Å². The van der Waals surface area contributed by atoms with E-state index >= 15 is 0 Å². The van der Waals surface area contributed by atoms with E-state index in [2.05, 4.69) is 15.8 Å². The third-order valence-electron chi connectivity index (χ3n) is 4.24. The lowest BCUT2D eigenvalue weighted by atomic mass is 9.98. The highest BCUT2D eigenvalue weighted by atomic mass is 32.1. The lowest BCUT2D eigenvalue weighted by molar-refractivity contribution is 0.0697. The van der Waals surface area contributed by atoms with E-state index in [1.54, 1.807) is 18.2 Å². The summed E-state index contributed by atoms with van der Waals surface area (Å²) in [7, 11) is 0. The summed E-state index contributed by atoms with van der Waals surface area (Å²) >= 11 is 5.17. The van der Waals surface area contributed by atoms with Crippen LogP contribution < -0.4 is 10.7 Å². The van der Waals surface area contributed by atoms with Gasteiger partial charge in [-0.25, -0.2) is 4.79 Å². The topological polar surface area (TPSA) is 94.0 Å². The number of hydrogen-bond donors (Lipinski definition) is 4. The van der Waals surface area contributed by atoms with Gasteiger partial charge in [0.05, 0.1) is 11.8 Å². The van der Waals surface area contributed by atoms with E-state index < -0.39 is 5.97 Å². The Labute approximate surface area is 173 Å². The van der Waals surface area contributed by atoms with Gasteiger partial charge in [0.2, 0.25) is 0 Å². The fourth-order valence-electron chi connectivity index (χ4n) is 2.81. The average Bonchev–Trinajstić information content (AvgIpc) is 2.70. The molecule has 0 fully saturated rings. The maximum Gasteiger partial charge on any atom is 0.335 e. The molecule has 0 aliphatic carbocycles. The van der Waals surface area contributed by atoms with Crippen molar-refractivity contribution < 1.29 is 15.0 Å². The summed E-state index contributed by atoms with van der Waals surface area (Å²) in [5.41, 5.74) is 6.60. The summed E-state index contributed by atoms with van der Waals surface area (Å²) in [5.74, 6) is -0.894. The molecule has 3 rings (SSSR count). The van der Waals surface area contributed by atoms with Crippen LogP contribution in [-0.2, 0) is 0 Å². The molecule has 0 aliphatic rings. The van der Waals surface area contributed by atoms with Crippen molar-refractivity contribution in [3.05, 3.63) is 83.4 Å². The molecule has 0 atom stereocenters. The summed E-state index contributed by atoms with van der Waals surface area (Å²) in [5, 5.41) is 26.8. The van der Waals surface area contributed by atoms with E-state index in [4.69, 9.17) is 17.3 Å². The maximum atomic E-state index is 11.0. The van der Waals surface area contributed by atoms with E-state index in [9.17, 15) is 9.90 Å². The van der Waals surface area contributed by atoms with E-state index in [1.807, 2.05) is 43.3 Å². The minimum absolute atomic E-state index is 0.125. The van der Waals surface area contributed by atoms with Crippen LogP contribution in [0.15, 0.2) is 71.8 Å². The van der Waals surface area contributed by atoms with Crippen LogP contribution in [0, 0.1) is 6.92 Å². The van der Waals surface area contributed by atoms with Crippen LogP contribution in [0.4, 0.5) is 5.69 Å². The summed E-state index contributed by atoms with van der Waals surface area (Å²) < 4.78 is 0. The number of benzene rings is 3. The number of aromatic carboxylic acids is 1. The molecule has 6 nitrogen and oxygen atoms in total. The first kappa shape index (κ1) is 20.0. The molecule has 146 valence electrons. The largest absolute Gasteiger partial charge is 0.507 e. The van der Waals surface area contributed by atoms with Crippen LogP contribution in [0.2, 0.25) is 0 Å². The highest BCUT2D eigenvalue weighted by Gasteiger charge is 2.09. The first-order valence-electron chi connectivity index (χ1n) is 8.77. The fraction of sp³-hybridized carbons (Fsp3) is 0.0455. The minimum Gasteiger partial charge on any atom is -0.507 e. The Morgan fingerprint density at radius 1 is 1.03 bits per heavy atom. The van der Waals surface area contributed by atoms with Crippen molar-refractivity contribution in [1.29, 1.82) is 0 Å². The van der Waals surface area contributed by atoms with Crippen molar-refractivity contribution in [3.8, 4) is 16.9 Å².